The number of likely N-dealkylation sites (tertiary alicyclic amines) is 1. The normalized spacial score (nSPS) is 15.0. The third kappa shape index (κ3) is 6.61. The molecule has 0 bridgehead atoms. The zero-order chi connectivity index (χ0) is 20.6. The lowest BCUT2D eigenvalue weighted by Gasteiger charge is -2.32. The van der Waals surface area contributed by atoms with E-state index in [2.05, 4.69) is 52.0 Å². The molecular formula is C23H30N4O2. The Balaban J connectivity index is 1.40. The molecule has 2 aromatic rings. The highest BCUT2D eigenvalue weighted by molar-refractivity contribution is 5.88. The van der Waals surface area contributed by atoms with Gasteiger partial charge in [-0.2, -0.15) is 0 Å². The number of urea groups is 1. The predicted octanol–water partition coefficient (Wildman–Crippen LogP) is 3.42. The minimum absolute atomic E-state index is 0.110. The van der Waals surface area contributed by atoms with E-state index in [0.29, 0.717) is 6.54 Å². The number of nitrogens with zero attached hydrogens (tertiary/aromatic N) is 1. The summed E-state index contributed by atoms with van der Waals surface area (Å²) in [5.41, 5.74) is 4.38. The van der Waals surface area contributed by atoms with Crippen LogP contribution in [0.3, 0.4) is 0 Å². The van der Waals surface area contributed by atoms with Crippen molar-refractivity contribution >= 4 is 17.6 Å². The van der Waals surface area contributed by atoms with Crippen LogP contribution in [-0.2, 0) is 17.9 Å². The second-order valence-corrected chi connectivity index (χ2v) is 7.69. The van der Waals surface area contributed by atoms with Crippen LogP contribution < -0.4 is 16.0 Å². The van der Waals surface area contributed by atoms with Gasteiger partial charge in [0.2, 0.25) is 5.91 Å². The van der Waals surface area contributed by atoms with Crippen molar-refractivity contribution in [3.05, 3.63) is 65.2 Å². The largest absolute Gasteiger partial charge is 0.335 e. The van der Waals surface area contributed by atoms with Crippen molar-refractivity contribution in [2.24, 2.45) is 0 Å². The highest BCUT2D eigenvalue weighted by atomic mass is 16.2. The highest BCUT2D eigenvalue weighted by Crippen LogP contribution is 2.16. The summed E-state index contributed by atoms with van der Waals surface area (Å²) in [6.07, 6.45) is 1.91. The van der Waals surface area contributed by atoms with E-state index in [1.165, 1.54) is 18.1 Å². The molecular weight excluding hydrogens is 364 g/mol. The van der Waals surface area contributed by atoms with E-state index in [4.69, 9.17) is 0 Å². The maximum atomic E-state index is 12.3. The van der Waals surface area contributed by atoms with E-state index in [-0.39, 0.29) is 18.0 Å². The van der Waals surface area contributed by atoms with Gasteiger partial charge in [0.15, 0.2) is 0 Å². The van der Waals surface area contributed by atoms with Crippen LogP contribution in [0.2, 0.25) is 0 Å². The van der Waals surface area contributed by atoms with Gasteiger partial charge in [0.25, 0.3) is 0 Å². The van der Waals surface area contributed by atoms with Crippen LogP contribution in [0, 0.1) is 6.92 Å². The van der Waals surface area contributed by atoms with Crippen molar-refractivity contribution in [2.75, 3.05) is 18.4 Å². The topological polar surface area (TPSA) is 73.5 Å². The van der Waals surface area contributed by atoms with Gasteiger partial charge in [0, 0.05) is 44.8 Å². The van der Waals surface area contributed by atoms with Crippen molar-refractivity contribution < 1.29 is 9.59 Å². The van der Waals surface area contributed by atoms with Gasteiger partial charge >= 0.3 is 6.03 Å². The SMILES string of the molecule is CC(=O)Nc1cccc(CNC(=O)NC2CCN(Cc3ccccc3C)CC2)c1. The maximum Gasteiger partial charge on any atom is 0.315 e. The van der Waals surface area contributed by atoms with Gasteiger partial charge in [-0.3, -0.25) is 9.69 Å². The van der Waals surface area contributed by atoms with E-state index in [1.807, 2.05) is 24.3 Å². The number of rotatable bonds is 6. The molecule has 0 atom stereocenters. The molecule has 1 heterocycles. The summed E-state index contributed by atoms with van der Waals surface area (Å²) in [5.74, 6) is -0.110. The molecule has 1 aliphatic heterocycles. The van der Waals surface area contributed by atoms with E-state index in [0.717, 1.165) is 43.7 Å². The first-order chi connectivity index (χ1) is 14.0. The number of nitrogens with one attached hydrogen (secondary N) is 3. The van der Waals surface area contributed by atoms with Gasteiger partial charge in [-0.15, -0.1) is 0 Å². The Bertz CT molecular complexity index is 844. The average Bonchev–Trinajstić information content (AvgIpc) is 2.69. The zero-order valence-corrected chi connectivity index (χ0v) is 17.2. The first-order valence-corrected chi connectivity index (χ1v) is 10.2. The highest BCUT2D eigenvalue weighted by Gasteiger charge is 2.21. The molecule has 6 nitrogen and oxygen atoms in total. The lowest BCUT2D eigenvalue weighted by molar-refractivity contribution is -0.114. The number of anilines is 1. The Morgan fingerprint density at radius 1 is 1.07 bits per heavy atom. The van der Waals surface area contributed by atoms with Crippen molar-refractivity contribution in [1.82, 2.24) is 15.5 Å². The fourth-order valence-corrected chi connectivity index (χ4v) is 3.64. The molecule has 0 radical (unpaired) electrons. The second-order valence-electron chi connectivity index (χ2n) is 7.69. The summed E-state index contributed by atoms with van der Waals surface area (Å²) in [7, 11) is 0. The number of carbonyl (C=O) groups is 2. The van der Waals surface area contributed by atoms with E-state index < -0.39 is 0 Å². The van der Waals surface area contributed by atoms with Crippen LogP contribution in [0.15, 0.2) is 48.5 Å². The van der Waals surface area contributed by atoms with Crippen LogP contribution in [0.25, 0.3) is 0 Å². The van der Waals surface area contributed by atoms with Gasteiger partial charge < -0.3 is 16.0 Å². The molecule has 154 valence electrons. The minimum Gasteiger partial charge on any atom is -0.335 e. The summed E-state index contributed by atoms with van der Waals surface area (Å²) in [5, 5.41) is 8.75. The number of aryl methyl sites for hydroxylation is 1. The van der Waals surface area contributed by atoms with E-state index >= 15 is 0 Å². The molecule has 0 aromatic heterocycles. The summed E-state index contributed by atoms with van der Waals surface area (Å²) in [4.78, 5) is 25.9. The Labute approximate surface area is 172 Å². The third-order valence-electron chi connectivity index (χ3n) is 5.28. The smallest absolute Gasteiger partial charge is 0.315 e. The molecule has 3 rings (SSSR count). The molecule has 1 aliphatic rings. The molecule has 1 saturated heterocycles. The number of carbonyl (C=O) groups excluding carboxylic acids is 2. The summed E-state index contributed by atoms with van der Waals surface area (Å²) in [6, 6.07) is 16.0. The fraction of sp³-hybridized carbons (Fsp3) is 0.391. The van der Waals surface area contributed by atoms with E-state index in [9.17, 15) is 9.59 Å². The maximum absolute atomic E-state index is 12.3. The zero-order valence-electron chi connectivity index (χ0n) is 17.2. The second kappa shape index (κ2) is 10.1. The Hall–Kier alpha value is -2.86. The lowest BCUT2D eigenvalue weighted by Crippen LogP contribution is -2.47. The summed E-state index contributed by atoms with van der Waals surface area (Å²) >= 11 is 0. The molecule has 0 saturated carbocycles. The first-order valence-electron chi connectivity index (χ1n) is 10.2. The number of hydrogen-bond donors (Lipinski definition) is 3. The molecule has 0 unspecified atom stereocenters. The van der Waals surface area contributed by atoms with Crippen LogP contribution in [0.1, 0.15) is 36.5 Å². The number of amides is 3. The molecule has 29 heavy (non-hydrogen) atoms. The van der Waals surface area contributed by atoms with Gasteiger partial charge in [0.05, 0.1) is 0 Å². The molecule has 3 N–H and O–H groups in total. The van der Waals surface area contributed by atoms with Crippen molar-refractivity contribution in [3.8, 4) is 0 Å². The van der Waals surface area contributed by atoms with E-state index in [1.54, 1.807) is 0 Å². The Kier molecular flexibility index (Phi) is 7.25. The Morgan fingerprint density at radius 2 is 1.83 bits per heavy atom. The first kappa shape index (κ1) is 20.9. The molecule has 1 fully saturated rings. The van der Waals surface area contributed by atoms with Gasteiger partial charge in [0.1, 0.15) is 0 Å². The van der Waals surface area contributed by atoms with Crippen molar-refractivity contribution in [3.63, 3.8) is 0 Å². The van der Waals surface area contributed by atoms with Gasteiger partial charge in [-0.05, 0) is 48.6 Å². The molecule has 0 aliphatic carbocycles. The van der Waals surface area contributed by atoms with Crippen molar-refractivity contribution in [2.45, 2.75) is 45.8 Å². The lowest BCUT2D eigenvalue weighted by atomic mass is 10.0. The molecule has 2 aromatic carbocycles. The summed E-state index contributed by atoms with van der Waals surface area (Å²) in [6.45, 7) is 6.99. The predicted molar refractivity (Wildman–Crippen MR) is 116 cm³/mol. The minimum atomic E-state index is -0.146. The average molecular weight is 395 g/mol. The molecule has 0 spiro atoms. The number of hydrogen-bond acceptors (Lipinski definition) is 3. The fourth-order valence-electron chi connectivity index (χ4n) is 3.64. The van der Waals surface area contributed by atoms with Crippen LogP contribution in [-0.4, -0.2) is 36.0 Å². The molecule has 3 amide bonds. The van der Waals surface area contributed by atoms with Gasteiger partial charge in [-0.25, -0.2) is 4.79 Å². The summed E-state index contributed by atoms with van der Waals surface area (Å²) < 4.78 is 0. The van der Waals surface area contributed by atoms with Crippen LogP contribution in [0.4, 0.5) is 10.5 Å². The molecule has 6 heteroatoms. The van der Waals surface area contributed by atoms with Crippen LogP contribution >= 0.6 is 0 Å². The number of piperidine rings is 1. The van der Waals surface area contributed by atoms with Crippen molar-refractivity contribution in [1.29, 1.82) is 0 Å². The number of benzene rings is 2. The quantitative estimate of drug-likeness (QED) is 0.703. The Morgan fingerprint density at radius 3 is 2.55 bits per heavy atom. The monoisotopic (exact) mass is 394 g/mol. The standard InChI is InChI=1S/C23H30N4O2/c1-17-6-3-4-8-20(17)16-27-12-10-21(11-13-27)26-23(29)24-15-19-7-5-9-22(14-19)25-18(2)28/h3-9,14,21H,10-13,15-16H2,1-2H3,(H,25,28)(H2,24,26,29). The van der Waals surface area contributed by atoms with Crippen LogP contribution in [0.5, 0.6) is 0 Å². The van der Waals surface area contributed by atoms with Gasteiger partial charge in [-0.1, -0.05) is 36.4 Å². The third-order valence-corrected chi connectivity index (χ3v) is 5.28.